The first-order valence-electron chi connectivity index (χ1n) is 9.29. The highest BCUT2D eigenvalue weighted by atomic mass is 32.2. The molecule has 1 saturated carbocycles. The second-order valence-corrected chi connectivity index (χ2v) is 9.91. The minimum Gasteiger partial charge on any atom is -0.490 e. The molecule has 140 valence electrons. The van der Waals surface area contributed by atoms with E-state index < -0.39 is 10.0 Å². The number of nitrogens with zero attached hydrogens (tertiary/aromatic N) is 2. The maximum atomic E-state index is 12.9. The van der Waals surface area contributed by atoms with Crippen LogP contribution in [0.3, 0.4) is 0 Å². The summed E-state index contributed by atoms with van der Waals surface area (Å²) < 4.78 is 33.3. The van der Waals surface area contributed by atoms with Gasteiger partial charge in [0.1, 0.15) is 5.75 Å². The van der Waals surface area contributed by atoms with Gasteiger partial charge in [0, 0.05) is 30.6 Å². The molecule has 1 aromatic heterocycles. The second kappa shape index (κ2) is 7.66. The van der Waals surface area contributed by atoms with Crippen molar-refractivity contribution in [1.82, 2.24) is 9.29 Å². The first-order chi connectivity index (χ1) is 12.6. The molecule has 0 bridgehead atoms. The number of thiazole rings is 1. The van der Waals surface area contributed by atoms with Gasteiger partial charge >= 0.3 is 0 Å². The molecule has 0 unspecified atom stereocenters. The summed E-state index contributed by atoms with van der Waals surface area (Å²) in [5.41, 5.74) is 0. The third kappa shape index (κ3) is 3.80. The predicted octanol–water partition coefficient (Wildman–Crippen LogP) is 4.03. The van der Waals surface area contributed by atoms with Gasteiger partial charge in [-0.25, -0.2) is 13.4 Å². The molecule has 1 saturated heterocycles. The fourth-order valence-corrected chi connectivity index (χ4v) is 6.10. The van der Waals surface area contributed by atoms with Crippen molar-refractivity contribution >= 4 is 21.4 Å². The molecule has 0 radical (unpaired) electrons. The molecule has 2 aliphatic rings. The van der Waals surface area contributed by atoms with Crippen LogP contribution in [0.2, 0.25) is 0 Å². The molecule has 1 aliphatic carbocycles. The maximum absolute atomic E-state index is 12.9. The molecule has 1 aromatic carbocycles. The topological polar surface area (TPSA) is 59.5 Å². The Labute approximate surface area is 159 Å². The standard InChI is InChI=1S/C19H24N2O3S2/c22-26(23,21-12-9-15(10-13-21)19-20-11-14-25-19)18-7-5-17(6-8-18)24-16-3-1-2-4-16/h5-8,11,14-16H,1-4,9-10,12-13H2. The molecule has 7 heteroatoms. The van der Waals surface area contributed by atoms with Gasteiger partial charge < -0.3 is 4.74 Å². The van der Waals surface area contributed by atoms with Crippen LogP contribution in [0.1, 0.15) is 49.5 Å². The first kappa shape index (κ1) is 17.9. The van der Waals surface area contributed by atoms with E-state index in [9.17, 15) is 8.42 Å². The molecular weight excluding hydrogens is 368 g/mol. The van der Waals surface area contributed by atoms with Crippen LogP contribution >= 0.6 is 11.3 Å². The molecule has 2 aromatic rings. The summed E-state index contributed by atoms with van der Waals surface area (Å²) in [6.07, 6.45) is 8.37. The fraction of sp³-hybridized carbons (Fsp3) is 0.526. The molecule has 1 aliphatic heterocycles. The Morgan fingerprint density at radius 3 is 2.35 bits per heavy atom. The van der Waals surface area contributed by atoms with Gasteiger partial charge in [0.25, 0.3) is 0 Å². The smallest absolute Gasteiger partial charge is 0.243 e. The molecule has 5 nitrogen and oxygen atoms in total. The Morgan fingerprint density at radius 1 is 1.04 bits per heavy atom. The van der Waals surface area contributed by atoms with E-state index in [2.05, 4.69) is 4.98 Å². The van der Waals surface area contributed by atoms with Gasteiger partial charge in [-0.3, -0.25) is 0 Å². The number of hydrogen-bond donors (Lipinski definition) is 0. The number of benzene rings is 1. The van der Waals surface area contributed by atoms with E-state index in [1.807, 2.05) is 11.6 Å². The Kier molecular flexibility index (Phi) is 5.29. The van der Waals surface area contributed by atoms with E-state index in [1.54, 1.807) is 39.9 Å². The lowest BCUT2D eigenvalue weighted by atomic mass is 9.99. The summed E-state index contributed by atoms with van der Waals surface area (Å²) in [6.45, 7) is 1.10. The number of aromatic nitrogens is 1. The quantitative estimate of drug-likeness (QED) is 0.771. The van der Waals surface area contributed by atoms with Gasteiger partial charge in [0.05, 0.1) is 16.0 Å². The highest BCUT2D eigenvalue weighted by Gasteiger charge is 2.30. The van der Waals surface area contributed by atoms with Crippen molar-refractivity contribution in [1.29, 1.82) is 0 Å². The molecule has 0 spiro atoms. The van der Waals surface area contributed by atoms with E-state index in [0.29, 0.717) is 23.9 Å². The monoisotopic (exact) mass is 392 g/mol. The van der Waals surface area contributed by atoms with E-state index >= 15 is 0 Å². The van der Waals surface area contributed by atoms with Gasteiger partial charge in [0.2, 0.25) is 10.0 Å². The summed E-state index contributed by atoms with van der Waals surface area (Å²) in [4.78, 5) is 4.72. The largest absolute Gasteiger partial charge is 0.490 e. The summed E-state index contributed by atoms with van der Waals surface area (Å²) in [6, 6.07) is 6.92. The molecule has 2 heterocycles. The van der Waals surface area contributed by atoms with E-state index in [-0.39, 0.29) is 6.10 Å². The second-order valence-electron chi connectivity index (χ2n) is 7.04. The number of sulfonamides is 1. The van der Waals surface area contributed by atoms with Crippen LogP contribution in [0.25, 0.3) is 0 Å². The van der Waals surface area contributed by atoms with Crippen LogP contribution in [-0.4, -0.2) is 36.9 Å². The maximum Gasteiger partial charge on any atom is 0.243 e. The SMILES string of the molecule is O=S(=O)(c1ccc(OC2CCCC2)cc1)N1CCC(c2nccs2)CC1. The number of hydrogen-bond acceptors (Lipinski definition) is 5. The van der Waals surface area contributed by atoms with Gasteiger partial charge in [0.15, 0.2) is 0 Å². The van der Waals surface area contributed by atoms with Gasteiger partial charge in [-0.05, 0) is 62.8 Å². The number of ether oxygens (including phenoxy) is 1. The number of piperidine rings is 1. The summed E-state index contributed by atoms with van der Waals surface area (Å²) in [7, 11) is -3.44. The van der Waals surface area contributed by atoms with Gasteiger partial charge in [-0.2, -0.15) is 4.31 Å². The van der Waals surface area contributed by atoms with Crippen molar-refractivity contribution in [2.75, 3.05) is 13.1 Å². The zero-order chi connectivity index (χ0) is 18.0. The highest BCUT2D eigenvalue weighted by Crippen LogP contribution is 2.32. The Bertz CT molecular complexity index is 805. The van der Waals surface area contributed by atoms with Crippen LogP contribution in [0.15, 0.2) is 40.7 Å². The Morgan fingerprint density at radius 2 is 1.73 bits per heavy atom. The summed E-state index contributed by atoms with van der Waals surface area (Å²) in [5.74, 6) is 1.14. The van der Waals surface area contributed by atoms with E-state index in [4.69, 9.17) is 4.74 Å². The third-order valence-electron chi connectivity index (χ3n) is 5.32. The van der Waals surface area contributed by atoms with Crippen LogP contribution in [-0.2, 0) is 10.0 Å². The zero-order valence-corrected chi connectivity index (χ0v) is 16.3. The fourth-order valence-electron chi connectivity index (χ4n) is 3.82. The molecule has 4 rings (SSSR count). The molecule has 0 atom stereocenters. The minimum atomic E-state index is -3.44. The van der Waals surface area contributed by atoms with Crippen molar-refractivity contribution < 1.29 is 13.2 Å². The van der Waals surface area contributed by atoms with Crippen molar-refractivity contribution in [3.8, 4) is 5.75 Å². The summed E-state index contributed by atoms with van der Waals surface area (Å²) in [5, 5.41) is 3.10. The van der Waals surface area contributed by atoms with Gasteiger partial charge in [-0.1, -0.05) is 0 Å². The Hall–Kier alpha value is -1.44. The highest BCUT2D eigenvalue weighted by molar-refractivity contribution is 7.89. The van der Waals surface area contributed by atoms with E-state index in [1.165, 1.54) is 12.8 Å². The van der Waals surface area contributed by atoms with Crippen LogP contribution in [0.5, 0.6) is 5.75 Å². The average Bonchev–Trinajstić information content (AvgIpc) is 3.36. The van der Waals surface area contributed by atoms with Gasteiger partial charge in [-0.15, -0.1) is 11.3 Å². The third-order valence-corrected chi connectivity index (χ3v) is 8.17. The predicted molar refractivity (Wildman–Crippen MR) is 102 cm³/mol. The lowest BCUT2D eigenvalue weighted by Crippen LogP contribution is -2.37. The van der Waals surface area contributed by atoms with Crippen molar-refractivity contribution in [2.24, 2.45) is 0 Å². The zero-order valence-electron chi connectivity index (χ0n) is 14.7. The molecule has 0 amide bonds. The van der Waals surface area contributed by atoms with Crippen molar-refractivity contribution in [2.45, 2.75) is 55.4 Å². The minimum absolute atomic E-state index is 0.280. The van der Waals surface area contributed by atoms with Crippen LogP contribution < -0.4 is 4.74 Å². The van der Waals surface area contributed by atoms with E-state index in [0.717, 1.165) is 36.4 Å². The molecule has 2 fully saturated rings. The van der Waals surface area contributed by atoms with Crippen LogP contribution in [0.4, 0.5) is 0 Å². The molecule has 26 heavy (non-hydrogen) atoms. The summed E-state index contributed by atoms with van der Waals surface area (Å²) >= 11 is 1.66. The first-order valence-corrected chi connectivity index (χ1v) is 11.6. The van der Waals surface area contributed by atoms with Crippen LogP contribution in [0, 0.1) is 0 Å². The average molecular weight is 393 g/mol. The molecular formula is C19H24N2O3S2. The van der Waals surface area contributed by atoms with Crippen molar-refractivity contribution in [3.63, 3.8) is 0 Å². The Balaban J connectivity index is 1.40. The molecule has 0 N–H and O–H groups in total. The number of rotatable bonds is 5. The van der Waals surface area contributed by atoms with Crippen molar-refractivity contribution in [3.05, 3.63) is 40.8 Å². The lowest BCUT2D eigenvalue weighted by molar-refractivity contribution is 0.210. The lowest BCUT2D eigenvalue weighted by Gasteiger charge is -2.30. The normalized spacial score (nSPS) is 20.5.